The number of aliphatic hydroxyl groups excluding tert-OH is 1. The zero-order valence-electron chi connectivity index (χ0n) is 13.0. The van der Waals surface area contributed by atoms with E-state index in [1.54, 1.807) is 0 Å². The molecule has 21 heavy (non-hydrogen) atoms. The van der Waals surface area contributed by atoms with E-state index < -0.39 is 6.10 Å². The summed E-state index contributed by atoms with van der Waals surface area (Å²) in [4.78, 5) is 0. The summed E-state index contributed by atoms with van der Waals surface area (Å²) in [5.74, 6) is 1.38. The van der Waals surface area contributed by atoms with Gasteiger partial charge in [-0.05, 0) is 43.4 Å². The van der Waals surface area contributed by atoms with Gasteiger partial charge in [-0.15, -0.1) is 0 Å². The Kier molecular flexibility index (Phi) is 6.49. The van der Waals surface area contributed by atoms with E-state index in [1.807, 2.05) is 18.2 Å². The van der Waals surface area contributed by atoms with E-state index in [-0.39, 0.29) is 0 Å². The summed E-state index contributed by atoms with van der Waals surface area (Å²) in [5, 5.41) is 13.3. The Hall–Kier alpha value is -1.10. The molecule has 1 aliphatic rings. The summed E-state index contributed by atoms with van der Waals surface area (Å²) in [6.07, 6.45) is 1.92. The summed E-state index contributed by atoms with van der Waals surface area (Å²) >= 11 is 0. The van der Waals surface area contributed by atoms with Gasteiger partial charge in [0.25, 0.3) is 0 Å². The van der Waals surface area contributed by atoms with Gasteiger partial charge in [0.2, 0.25) is 0 Å². The highest BCUT2D eigenvalue weighted by Gasteiger charge is 2.23. The maximum Gasteiger partial charge on any atom is 0.119 e. The third-order valence-corrected chi connectivity index (χ3v) is 4.07. The molecule has 0 saturated carbocycles. The first-order valence-electron chi connectivity index (χ1n) is 7.91. The lowest BCUT2D eigenvalue weighted by atomic mass is 10.0. The number of aryl methyl sites for hydroxylation is 1. The molecular formula is C17H27NO3. The molecule has 1 fully saturated rings. The second-order valence-electron chi connectivity index (χ2n) is 5.75. The average Bonchev–Trinajstić information content (AvgIpc) is 2.91. The molecule has 118 valence electrons. The van der Waals surface area contributed by atoms with Crippen LogP contribution in [0.2, 0.25) is 0 Å². The Morgan fingerprint density at radius 1 is 1.48 bits per heavy atom. The second-order valence-corrected chi connectivity index (χ2v) is 5.75. The summed E-state index contributed by atoms with van der Waals surface area (Å²) < 4.78 is 11.2. The number of nitrogens with one attached hydrogen (secondary N) is 1. The number of ether oxygens (including phenoxy) is 2. The van der Waals surface area contributed by atoms with Crippen molar-refractivity contribution in [2.24, 2.45) is 5.92 Å². The largest absolute Gasteiger partial charge is 0.491 e. The predicted octanol–water partition coefficient (Wildman–Crippen LogP) is 2.00. The Morgan fingerprint density at radius 3 is 3.05 bits per heavy atom. The van der Waals surface area contributed by atoms with E-state index in [0.717, 1.165) is 31.7 Å². The van der Waals surface area contributed by atoms with Crippen LogP contribution in [-0.2, 0) is 11.2 Å². The Labute approximate surface area is 127 Å². The molecule has 3 atom stereocenters. The standard InChI is InChI=1S/C17H27NO3/c1-3-14-5-4-6-17(9-14)21-12-16(19)11-18-10-15-7-8-20-13(15)2/h4-6,9,13,15-16,18-19H,3,7-8,10-12H2,1-2H3. The fraction of sp³-hybridized carbons (Fsp3) is 0.647. The van der Waals surface area contributed by atoms with Gasteiger partial charge >= 0.3 is 0 Å². The van der Waals surface area contributed by atoms with E-state index >= 15 is 0 Å². The number of benzene rings is 1. The van der Waals surface area contributed by atoms with Gasteiger partial charge in [0, 0.05) is 19.7 Å². The smallest absolute Gasteiger partial charge is 0.119 e. The van der Waals surface area contributed by atoms with Crippen molar-refractivity contribution in [1.29, 1.82) is 0 Å². The minimum atomic E-state index is -0.493. The monoisotopic (exact) mass is 293 g/mol. The van der Waals surface area contributed by atoms with E-state index in [0.29, 0.717) is 25.2 Å². The topological polar surface area (TPSA) is 50.7 Å². The van der Waals surface area contributed by atoms with Gasteiger partial charge in [-0.1, -0.05) is 19.1 Å². The first-order chi connectivity index (χ1) is 10.2. The fourth-order valence-electron chi connectivity index (χ4n) is 2.59. The molecule has 3 unspecified atom stereocenters. The Balaban J connectivity index is 1.63. The molecule has 4 nitrogen and oxygen atoms in total. The first kappa shape index (κ1) is 16.3. The maximum absolute atomic E-state index is 9.96. The highest BCUT2D eigenvalue weighted by molar-refractivity contribution is 5.28. The van der Waals surface area contributed by atoms with Crippen LogP contribution in [0.1, 0.15) is 25.8 Å². The number of hydrogen-bond acceptors (Lipinski definition) is 4. The van der Waals surface area contributed by atoms with Crippen LogP contribution in [0.15, 0.2) is 24.3 Å². The van der Waals surface area contributed by atoms with Crippen molar-refractivity contribution >= 4 is 0 Å². The Morgan fingerprint density at radius 2 is 2.33 bits per heavy atom. The molecule has 0 aromatic heterocycles. The highest BCUT2D eigenvalue weighted by atomic mass is 16.5. The predicted molar refractivity (Wildman–Crippen MR) is 83.7 cm³/mol. The molecule has 2 N–H and O–H groups in total. The van der Waals surface area contributed by atoms with Crippen molar-refractivity contribution in [1.82, 2.24) is 5.32 Å². The van der Waals surface area contributed by atoms with Gasteiger partial charge in [-0.2, -0.15) is 0 Å². The average molecular weight is 293 g/mol. The fourth-order valence-corrected chi connectivity index (χ4v) is 2.59. The zero-order chi connectivity index (χ0) is 15.1. The molecule has 1 aromatic rings. The van der Waals surface area contributed by atoms with E-state index in [1.165, 1.54) is 5.56 Å². The minimum absolute atomic E-state index is 0.316. The van der Waals surface area contributed by atoms with Crippen LogP contribution in [0.4, 0.5) is 0 Å². The normalized spacial score (nSPS) is 23.2. The van der Waals surface area contributed by atoms with Gasteiger partial charge < -0.3 is 19.9 Å². The van der Waals surface area contributed by atoms with E-state index in [4.69, 9.17) is 9.47 Å². The third-order valence-electron chi connectivity index (χ3n) is 4.07. The van der Waals surface area contributed by atoms with Crippen molar-refractivity contribution in [3.05, 3.63) is 29.8 Å². The van der Waals surface area contributed by atoms with Gasteiger partial charge in [0.15, 0.2) is 0 Å². The molecule has 1 aromatic carbocycles. The molecule has 0 spiro atoms. The minimum Gasteiger partial charge on any atom is -0.491 e. The molecule has 0 amide bonds. The Bertz CT molecular complexity index is 424. The molecule has 1 saturated heterocycles. The quantitative estimate of drug-likeness (QED) is 0.770. The SMILES string of the molecule is CCc1cccc(OCC(O)CNCC2CCOC2C)c1. The molecular weight excluding hydrogens is 266 g/mol. The van der Waals surface area contributed by atoms with Crippen LogP contribution in [0.5, 0.6) is 5.75 Å². The van der Waals surface area contributed by atoms with Crippen LogP contribution in [-0.4, -0.2) is 43.6 Å². The first-order valence-corrected chi connectivity index (χ1v) is 7.91. The van der Waals surface area contributed by atoms with Crippen LogP contribution in [0, 0.1) is 5.92 Å². The van der Waals surface area contributed by atoms with E-state index in [9.17, 15) is 5.11 Å². The summed E-state index contributed by atoms with van der Waals surface area (Å²) in [6, 6.07) is 8.02. The molecule has 1 heterocycles. The van der Waals surface area contributed by atoms with Gasteiger partial charge in [0.1, 0.15) is 18.5 Å². The highest BCUT2D eigenvalue weighted by Crippen LogP contribution is 2.19. The van der Waals surface area contributed by atoms with Crippen molar-refractivity contribution in [2.75, 3.05) is 26.3 Å². The van der Waals surface area contributed by atoms with Crippen molar-refractivity contribution in [2.45, 2.75) is 38.9 Å². The van der Waals surface area contributed by atoms with Crippen molar-refractivity contribution in [3.63, 3.8) is 0 Å². The number of rotatable bonds is 8. The van der Waals surface area contributed by atoms with Crippen LogP contribution in [0.3, 0.4) is 0 Å². The van der Waals surface area contributed by atoms with Gasteiger partial charge in [-0.3, -0.25) is 0 Å². The molecule has 4 heteroatoms. The summed E-state index contributed by atoms with van der Waals surface area (Å²) in [5.41, 5.74) is 1.25. The van der Waals surface area contributed by atoms with Gasteiger partial charge in [-0.25, -0.2) is 0 Å². The summed E-state index contributed by atoms with van der Waals surface area (Å²) in [7, 11) is 0. The second kappa shape index (κ2) is 8.37. The van der Waals surface area contributed by atoms with Gasteiger partial charge in [0.05, 0.1) is 6.10 Å². The number of hydrogen-bond donors (Lipinski definition) is 2. The molecule has 2 rings (SSSR count). The molecule has 0 bridgehead atoms. The lowest BCUT2D eigenvalue weighted by Crippen LogP contribution is -2.35. The van der Waals surface area contributed by atoms with Crippen molar-refractivity contribution < 1.29 is 14.6 Å². The lowest BCUT2D eigenvalue weighted by molar-refractivity contribution is 0.0946. The zero-order valence-corrected chi connectivity index (χ0v) is 13.0. The van der Waals surface area contributed by atoms with Crippen LogP contribution >= 0.6 is 0 Å². The molecule has 1 aliphatic heterocycles. The van der Waals surface area contributed by atoms with E-state index in [2.05, 4.69) is 25.2 Å². The third kappa shape index (κ3) is 5.30. The maximum atomic E-state index is 9.96. The molecule has 0 aliphatic carbocycles. The number of aliphatic hydroxyl groups is 1. The molecule has 0 radical (unpaired) electrons. The van der Waals surface area contributed by atoms with Crippen LogP contribution in [0.25, 0.3) is 0 Å². The van der Waals surface area contributed by atoms with Crippen molar-refractivity contribution in [3.8, 4) is 5.75 Å². The summed E-state index contributed by atoms with van der Waals surface area (Å²) in [6.45, 7) is 6.84. The van der Waals surface area contributed by atoms with Crippen LogP contribution < -0.4 is 10.1 Å². The lowest BCUT2D eigenvalue weighted by Gasteiger charge is -2.17.